The molecule has 2 nitrogen and oxygen atoms in total. The summed E-state index contributed by atoms with van der Waals surface area (Å²) in [5.41, 5.74) is 0.656. The summed E-state index contributed by atoms with van der Waals surface area (Å²) in [5, 5.41) is 3.49. The Bertz CT molecular complexity index is 158. The highest BCUT2D eigenvalue weighted by atomic mass is 15.3. The first-order chi connectivity index (χ1) is 4.89. The van der Waals surface area contributed by atoms with Crippen molar-refractivity contribution < 1.29 is 0 Å². The number of rotatable bonds is 0. The van der Waals surface area contributed by atoms with Gasteiger partial charge in [0.15, 0.2) is 0 Å². The fourth-order valence-electron chi connectivity index (χ4n) is 3.03. The molecule has 3 heterocycles. The summed E-state index contributed by atoms with van der Waals surface area (Å²) in [6.07, 6.45) is 2.97. The minimum Gasteiger partial charge on any atom is -0.314 e. The summed E-state index contributed by atoms with van der Waals surface area (Å²) >= 11 is 0. The van der Waals surface area contributed by atoms with Crippen LogP contribution in [-0.4, -0.2) is 36.6 Å². The van der Waals surface area contributed by atoms with Gasteiger partial charge >= 0.3 is 0 Å². The van der Waals surface area contributed by atoms with Crippen molar-refractivity contribution in [2.45, 2.75) is 18.4 Å². The van der Waals surface area contributed by atoms with E-state index in [2.05, 4.69) is 10.2 Å². The molecule has 0 radical (unpaired) electrons. The lowest BCUT2D eigenvalue weighted by Gasteiger charge is -2.45. The molecule has 10 heavy (non-hydrogen) atoms. The van der Waals surface area contributed by atoms with E-state index in [9.17, 15) is 0 Å². The zero-order valence-electron chi connectivity index (χ0n) is 6.27. The first-order valence-corrected chi connectivity index (χ1v) is 4.35. The molecule has 0 unspecified atom stereocenters. The third-order valence-electron chi connectivity index (χ3n) is 3.50. The van der Waals surface area contributed by atoms with Gasteiger partial charge in [0.2, 0.25) is 0 Å². The minimum atomic E-state index is 0.656. The first-order valence-electron chi connectivity index (χ1n) is 4.35. The maximum absolute atomic E-state index is 3.49. The van der Waals surface area contributed by atoms with Crippen LogP contribution >= 0.6 is 0 Å². The molecule has 4 aliphatic rings. The van der Waals surface area contributed by atoms with Gasteiger partial charge in [0.1, 0.15) is 0 Å². The van der Waals surface area contributed by atoms with E-state index in [1.54, 1.807) is 0 Å². The summed E-state index contributed by atoms with van der Waals surface area (Å²) in [6, 6.07) is 0. The monoisotopic (exact) mass is 138 g/mol. The molecule has 2 bridgehead atoms. The number of piperazine rings is 1. The topological polar surface area (TPSA) is 15.3 Å². The molecule has 2 heteroatoms. The fraction of sp³-hybridized carbons (Fsp3) is 1.00. The summed E-state index contributed by atoms with van der Waals surface area (Å²) in [6.45, 7) is 5.19. The second-order valence-electron chi connectivity index (χ2n) is 4.12. The Morgan fingerprint density at radius 3 is 3.10 bits per heavy atom. The molecule has 1 N–H and O–H groups in total. The molecule has 3 saturated heterocycles. The van der Waals surface area contributed by atoms with E-state index in [0.29, 0.717) is 5.54 Å². The van der Waals surface area contributed by atoms with Crippen LogP contribution in [0.5, 0.6) is 0 Å². The van der Waals surface area contributed by atoms with Crippen molar-refractivity contribution in [3.05, 3.63) is 0 Å². The van der Waals surface area contributed by atoms with Gasteiger partial charge in [-0.1, -0.05) is 0 Å². The highest BCUT2D eigenvalue weighted by Crippen LogP contribution is 2.50. The largest absolute Gasteiger partial charge is 0.314 e. The summed E-state index contributed by atoms with van der Waals surface area (Å²) < 4.78 is 0. The molecule has 1 saturated carbocycles. The van der Waals surface area contributed by atoms with Gasteiger partial charge in [-0.25, -0.2) is 0 Å². The molecule has 0 aromatic carbocycles. The molecule has 0 atom stereocenters. The van der Waals surface area contributed by atoms with E-state index in [0.717, 1.165) is 5.92 Å². The van der Waals surface area contributed by atoms with E-state index in [-0.39, 0.29) is 0 Å². The van der Waals surface area contributed by atoms with Gasteiger partial charge in [-0.2, -0.15) is 0 Å². The molecular formula is C8H14N2. The van der Waals surface area contributed by atoms with Crippen LogP contribution in [0.1, 0.15) is 12.8 Å². The molecule has 4 fully saturated rings. The molecule has 4 rings (SSSR count). The Morgan fingerprint density at radius 1 is 1.40 bits per heavy atom. The quantitative estimate of drug-likeness (QED) is 0.509. The third kappa shape index (κ3) is 0.487. The lowest BCUT2D eigenvalue weighted by atomic mass is 9.73. The summed E-state index contributed by atoms with van der Waals surface area (Å²) in [5.74, 6) is 1.07. The van der Waals surface area contributed by atoms with E-state index < -0.39 is 0 Å². The SMILES string of the molecule is C1CN2CC3CC2(CN1)C3. The van der Waals surface area contributed by atoms with Crippen LogP contribution in [0.2, 0.25) is 0 Å². The highest BCUT2D eigenvalue weighted by Gasteiger charge is 2.56. The zero-order chi connectivity index (χ0) is 6.60. The van der Waals surface area contributed by atoms with Crippen LogP contribution in [-0.2, 0) is 0 Å². The van der Waals surface area contributed by atoms with Gasteiger partial charge in [0.05, 0.1) is 0 Å². The molecule has 1 aliphatic carbocycles. The predicted molar refractivity (Wildman–Crippen MR) is 39.9 cm³/mol. The molecule has 3 aliphatic heterocycles. The van der Waals surface area contributed by atoms with Gasteiger partial charge in [0, 0.05) is 31.7 Å². The molecule has 0 aromatic heterocycles. The van der Waals surface area contributed by atoms with Gasteiger partial charge in [-0.15, -0.1) is 0 Å². The third-order valence-corrected chi connectivity index (χ3v) is 3.50. The van der Waals surface area contributed by atoms with E-state index in [1.807, 2.05) is 0 Å². The predicted octanol–water partition coefficient (Wildman–Crippen LogP) is 0.0540. The second-order valence-corrected chi connectivity index (χ2v) is 4.12. The van der Waals surface area contributed by atoms with Gasteiger partial charge in [-0.3, -0.25) is 4.90 Å². The molecule has 56 valence electrons. The van der Waals surface area contributed by atoms with Crippen LogP contribution in [0.4, 0.5) is 0 Å². The highest BCUT2D eigenvalue weighted by molar-refractivity contribution is 5.12. The minimum absolute atomic E-state index is 0.656. The smallest absolute Gasteiger partial charge is 0.0340 e. The molecule has 0 amide bonds. The van der Waals surface area contributed by atoms with E-state index >= 15 is 0 Å². The van der Waals surface area contributed by atoms with Crippen molar-refractivity contribution in [1.82, 2.24) is 10.2 Å². The van der Waals surface area contributed by atoms with Gasteiger partial charge < -0.3 is 5.32 Å². The number of hydrogen-bond acceptors (Lipinski definition) is 2. The Morgan fingerprint density at radius 2 is 2.30 bits per heavy atom. The zero-order valence-corrected chi connectivity index (χ0v) is 6.27. The number of nitrogens with zero attached hydrogens (tertiary/aromatic N) is 1. The van der Waals surface area contributed by atoms with Crippen LogP contribution in [0, 0.1) is 5.92 Å². The van der Waals surface area contributed by atoms with Crippen molar-refractivity contribution in [1.29, 1.82) is 0 Å². The van der Waals surface area contributed by atoms with E-state index in [1.165, 1.54) is 39.0 Å². The average Bonchev–Trinajstić information content (AvgIpc) is 2.37. The lowest BCUT2D eigenvalue weighted by molar-refractivity contribution is 0.0812. The summed E-state index contributed by atoms with van der Waals surface area (Å²) in [7, 11) is 0. The Balaban J connectivity index is 1.90. The summed E-state index contributed by atoms with van der Waals surface area (Å²) in [4.78, 5) is 2.70. The van der Waals surface area contributed by atoms with Crippen LogP contribution < -0.4 is 5.32 Å². The van der Waals surface area contributed by atoms with Crippen LogP contribution in [0.15, 0.2) is 0 Å². The second kappa shape index (κ2) is 1.56. The van der Waals surface area contributed by atoms with Crippen LogP contribution in [0.25, 0.3) is 0 Å². The lowest BCUT2D eigenvalue weighted by Crippen LogP contribution is -2.58. The molecule has 0 aromatic rings. The standard InChI is InChI=1S/C8H14N2/c1-2-10-5-7-3-8(10,4-7)6-9-1/h7,9H,1-6H2. The van der Waals surface area contributed by atoms with Crippen molar-refractivity contribution in [2.75, 3.05) is 26.2 Å². The van der Waals surface area contributed by atoms with Crippen molar-refractivity contribution >= 4 is 0 Å². The maximum atomic E-state index is 3.49. The van der Waals surface area contributed by atoms with Crippen molar-refractivity contribution in [3.8, 4) is 0 Å². The molecular weight excluding hydrogens is 124 g/mol. The number of nitrogens with one attached hydrogen (secondary N) is 1. The van der Waals surface area contributed by atoms with Crippen LogP contribution in [0.3, 0.4) is 0 Å². The van der Waals surface area contributed by atoms with Gasteiger partial charge in [-0.05, 0) is 18.8 Å². The van der Waals surface area contributed by atoms with Crippen molar-refractivity contribution in [2.24, 2.45) is 5.92 Å². The Kier molecular flexibility index (Phi) is 0.868. The Hall–Kier alpha value is -0.0800. The number of hydrogen-bond donors (Lipinski definition) is 1. The fourth-order valence-corrected chi connectivity index (χ4v) is 3.03. The molecule has 1 spiro atoms. The first kappa shape index (κ1) is 5.56. The van der Waals surface area contributed by atoms with Gasteiger partial charge in [0.25, 0.3) is 0 Å². The Labute approximate surface area is 61.6 Å². The average molecular weight is 138 g/mol. The normalized spacial score (nSPS) is 52.2. The van der Waals surface area contributed by atoms with E-state index in [4.69, 9.17) is 0 Å². The van der Waals surface area contributed by atoms with Crippen molar-refractivity contribution in [3.63, 3.8) is 0 Å². The maximum Gasteiger partial charge on any atom is 0.0340 e.